The molecule has 27 heavy (non-hydrogen) atoms. The number of hydrogen-bond acceptors (Lipinski definition) is 3. The van der Waals surface area contributed by atoms with Gasteiger partial charge < -0.3 is 10.1 Å². The highest BCUT2D eigenvalue weighted by Crippen LogP contribution is 2.43. The van der Waals surface area contributed by atoms with Crippen molar-refractivity contribution in [2.45, 2.75) is 51.7 Å². The van der Waals surface area contributed by atoms with E-state index in [1.54, 1.807) is 0 Å². The van der Waals surface area contributed by atoms with Crippen LogP contribution in [-0.4, -0.2) is 36.5 Å². The smallest absolute Gasteiger partial charge is 0.223 e. The van der Waals surface area contributed by atoms with E-state index < -0.39 is 0 Å². The Kier molecular flexibility index (Phi) is 5.82. The summed E-state index contributed by atoms with van der Waals surface area (Å²) >= 11 is 0. The molecule has 146 valence electrons. The number of carbonyl (C=O) groups excluding carboxylic acids is 1. The first-order valence-corrected chi connectivity index (χ1v) is 10.7. The highest BCUT2D eigenvalue weighted by Gasteiger charge is 2.39. The van der Waals surface area contributed by atoms with Gasteiger partial charge in [-0.25, -0.2) is 0 Å². The van der Waals surface area contributed by atoms with Crippen LogP contribution in [0.3, 0.4) is 0 Å². The summed E-state index contributed by atoms with van der Waals surface area (Å²) in [7, 11) is 0. The van der Waals surface area contributed by atoms with Crippen molar-refractivity contribution in [1.82, 2.24) is 10.2 Å². The molecular weight excluding hydrogens is 336 g/mol. The quantitative estimate of drug-likeness (QED) is 0.745. The van der Waals surface area contributed by atoms with Gasteiger partial charge in [-0.2, -0.15) is 0 Å². The second-order valence-corrected chi connectivity index (χ2v) is 8.40. The van der Waals surface area contributed by atoms with Gasteiger partial charge in [0, 0.05) is 37.7 Å². The van der Waals surface area contributed by atoms with Crippen LogP contribution in [0.15, 0.2) is 36.4 Å². The highest BCUT2D eigenvalue weighted by atomic mass is 16.5. The first kappa shape index (κ1) is 18.5. The number of allylic oxidation sites excluding steroid dienone is 2. The Hall–Kier alpha value is -1.81. The number of hydrogen-bond donors (Lipinski definition) is 1. The Balaban J connectivity index is 1.31. The third-order valence-electron chi connectivity index (χ3n) is 6.34. The topological polar surface area (TPSA) is 41.6 Å². The number of benzene rings is 1. The van der Waals surface area contributed by atoms with Gasteiger partial charge in [-0.3, -0.25) is 9.69 Å². The normalized spacial score (nSPS) is 29.2. The predicted octanol–water partition coefficient (Wildman–Crippen LogP) is 3.77. The number of nitrogens with one attached hydrogen (secondary N) is 1. The van der Waals surface area contributed by atoms with Gasteiger partial charge in [-0.15, -0.1) is 0 Å². The summed E-state index contributed by atoms with van der Waals surface area (Å²) in [6, 6.07) is 8.37. The van der Waals surface area contributed by atoms with E-state index in [-0.39, 0.29) is 17.9 Å². The van der Waals surface area contributed by atoms with Crippen molar-refractivity contribution in [3.8, 4) is 5.75 Å². The zero-order chi connectivity index (χ0) is 18.6. The maximum Gasteiger partial charge on any atom is 0.223 e. The monoisotopic (exact) mass is 368 g/mol. The van der Waals surface area contributed by atoms with Crippen LogP contribution in [0.5, 0.6) is 5.75 Å². The molecule has 3 aliphatic rings. The molecule has 1 saturated carbocycles. The molecule has 2 aliphatic carbocycles. The zero-order valence-electron chi connectivity index (χ0n) is 16.4. The molecule has 0 spiro atoms. The average molecular weight is 369 g/mol. The molecule has 1 aliphatic heterocycles. The summed E-state index contributed by atoms with van der Waals surface area (Å²) in [4.78, 5) is 15.0. The molecule has 4 nitrogen and oxygen atoms in total. The first-order valence-electron chi connectivity index (χ1n) is 10.7. The lowest BCUT2D eigenvalue weighted by molar-refractivity contribution is -0.125. The number of para-hydroxylation sites is 1. The van der Waals surface area contributed by atoms with Crippen LogP contribution in [-0.2, 0) is 11.3 Å². The molecule has 2 bridgehead atoms. The van der Waals surface area contributed by atoms with Crippen LogP contribution in [0, 0.1) is 17.8 Å². The van der Waals surface area contributed by atoms with E-state index in [2.05, 4.69) is 53.6 Å². The lowest BCUT2D eigenvalue weighted by Gasteiger charge is -2.24. The Bertz CT molecular complexity index is 687. The maximum atomic E-state index is 12.6. The Morgan fingerprint density at radius 1 is 1.26 bits per heavy atom. The van der Waals surface area contributed by atoms with E-state index in [1.807, 2.05) is 0 Å². The number of unbranched alkanes of at least 4 members (excludes halogenated alkanes) is 1. The fourth-order valence-corrected chi connectivity index (χ4v) is 4.86. The van der Waals surface area contributed by atoms with Crippen LogP contribution < -0.4 is 10.1 Å². The molecule has 0 aromatic heterocycles. The molecule has 4 heteroatoms. The maximum absolute atomic E-state index is 12.6. The van der Waals surface area contributed by atoms with Crippen molar-refractivity contribution in [2.75, 3.05) is 19.6 Å². The zero-order valence-corrected chi connectivity index (χ0v) is 16.4. The van der Waals surface area contributed by atoms with E-state index in [0.717, 1.165) is 44.8 Å². The van der Waals surface area contributed by atoms with Crippen molar-refractivity contribution >= 4 is 5.91 Å². The van der Waals surface area contributed by atoms with Gasteiger partial charge in [0.15, 0.2) is 0 Å². The standard InChI is InChI=1S/C23H32N2O2/c1-2-3-7-20-16-25(15-19-6-4-5-8-22(19)27-20)12-11-24-23(26)21-14-17-9-10-18(21)13-17/h4-6,8-10,17-18,20-21H,2-3,7,11-16H2,1H3,(H,24,26)/t17-,18+,20?,21+/m1/s1. The summed E-state index contributed by atoms with van der Waals surface area (Å²) in [6.45, 7) is 5.65. The van der Waals surface area contributed by atoms with Crippen LogP contribution >= 0.6 is 0 Å². The molecule has 1 aromatic carbocycles. The third-order valence-corrected chi connectivity index (χ3v) is 6.34. The molecule has 1 unspecified atom stereocenters. The fourth-order valence-electron chi connectivity index (χ4n) is 4.86. The van der Waals surface area contributed by atoms with E-state index in [4.69, 9.17) is 4.74 Å². The second kappa shape index (κ2) is 8.47. The van der Waals surface area contributed by atoms with Crippen molar-refractivity contribution in [1.29, 1.82) is 0 Å². The van der Waals surface area contributed by atoms with Crippen molar-refractivity contribution < 1.29 is 9.53 Å². The summed E-state index contributed by atoms with van der Waals surface area (Å²) in [5.41, 5.74) is 1.25. The van der Waals surface area contributed by atoms with E-state index >= 15 is 0 Å². The van der Waals surface area contributed by atoms with E-state index in [0.29, 0.717) is 11.8 Å². The Labute approximate surface area is 163 Å². The minimum Gasteiger partial charge on any atom is -0.489 e. The van der Waals surface area contributed by atoms with E-state index in [1.165, 1.54) is 24.8 Å². The van der Waals surface area contributed by atoms with Crippen LogP contribution in [0.1, 0.15) is 44.6 Å². The van der Waals surface area contributed by atoms with Crippen LogP contribution in [0.4, 0.5) is 0 Å². The highest BCUT2D eigenvalue weighted by molar-refractivity contribution is 5.79. The summed E-state index contributed by atoms with van der Waals surface area (Å²) in [5.74, 6) is 2.60. The molecule has 1 aromatic rings. The summed E-state index contributed by atoms with van der Waals surface area (Å²) in [5, 5.41) is 3.20. The lowest BCUT2D eigenvalue weighted by atomic mass is 9.93. The molecule has 4 rings (SSSR count). The van der Waals surface area contributed by atoms with Crippen LogP contribution in [0.25, 0.3) is 0 Å². The Morgan fingerprint density at radius 2 is 2.15 bits per heavy atom. The number of amides is 1. The number of nitrogens with zero attached hydrogens (tertiary/aromatic N) is 1. The second-order valence-electron chi connectivity index (χ2n) is 8.40. The molecule has 1 N–H and O–H groups in total. The predicted molar refractivity (Wildman–Crippen MR) is 108 cm³/mol. The van der Waals surface area contributed by atoms with Gasteiger partial charge in [0.05, 0.1) is 0 Å². The van der Waals surface area contributed by atoms with Gasteiger partial charge >= 0.3 is 0 Å². The first-order chi connectivity index (χ1) is 13.2. The molecule has 0 saturated heterocycles. The molecule has 1 heterocycles. The average Bonchev–Trinajstić information content (AvgIpc) is 3.26. The summed E-state index contributed by atoms with van der Waals surface area (Å²) < 4.78 is 6.29. The largest absolute Gasteiger partial charge is 0.489 e. The molecular formula is C23H32N2O2. The minimum absolute atomic E-state index is 0.200. The molecule has 1 fully saturated rings. The van der Waals surface area contributed by atoms with Crippen molar-refractivity contribution in [3.05, 3.63) is 42.0 Å². The van der Waals surface area contributed by atoms with Gasteiger partial charge in [0.25, 0.3) is 0 Å². The SMILES string of the molecule is CCCCC1CN(CCNC(=O)[C@H]2C[C@@H]3C=C[C@H]2C3)Cc2ccccc2O1. The van der Waals surface area contributed by atoms with Crippen molar-refractivity contribution in [2.24, 2.45) is 17.8 Å². The molecule has 4 atom stereocenters. The van der Waals surface area contributed by atoms with Gasteiger partial charge in [0.2, 0.25) is 5.91 Å². The van der Waals surface area contributed by atoms with Gasteiger partial charge in [0.1, 0.15) is 11.9 Å². The number of rotatable bonds is 7. The lowest BCUT2D eigenvalue weighted by Crippen LogP contribution is -2.40. The Morgan fingerprint density at radius 3 is 2.93 bits per heavy atom. The number of fused-ring (bicyclic) bond motifs is 3. The number of ether oxygens (including phenoxy) is 1. The van der Waals surface area contributed by atoms with Crippen molar-refractivity contribution in [3.63, 3.8) is 0 Å². The number of carbonyl (C=O) groups is 1. The van der Waals surface area contributed by atoms with E-state index in [9.17, 15) is 4.79 Å². The van der Waals surface area contributed by atoms with Crippen LogP contribution in [0.2, 0.25) is 0 Å². The van der Waals surface area contributed by atoms with Gasteiger partial charge in [-0.1, -0.05) is 43.7 Å². The fraction of sp³-hybridized carbons (Fsp3) is 0.609. The third kappa shape index (κ3) is 4.37. The van der Waals surface area contributed by atoms with Gasteiger partial charge in [-0.05, 0) is 43.6 Å². The molecule has 1 amide bonds. The molecule has 0 radical (unpaired) electrons. The minimum atomic E-state index is 0.200. The summed E-state index contributed by atoms with van der Waals surface area (Å²) in [6.07, 6.45) is 10.5.